The molecule has 1 saturated carbocycles. The van der Waals surface area contributed by atoms with Crippen LogP contribution in [0.1, 0.15) is 38.5 Å². The maximum Gasteiger partial charge on any atom is 0.226 e. The number of hydrogen-bond acceptors (Lipinski definition) is 4. The predicted molar refractivity (Wildman–Crippen MR) is 98.1 cm³/mol. The zero-order valence-electron chi connectivity index (χ0n) is 15.4. The Morgan fingerprint density at radius 1 is 1.19 bits per heavy atom. The Hall–Kier alpha value is -1.59. The Balaban J connectivity index is 1.16. The fraction of sp³-hybridized carbons (Fsp3) is 0.667. The Morgan fingerprint density at radius 3 is 2.69 bits per heavy atom. The van der Waals surface area contributed by atoms with Crippen molar-refractivity contribution in [2.24, 2.45) is 5.92 Å². The van der Waals surface area contributed by atoms with Crippen molar-refractivity contribution < 1.29 is 19.0 Å². The van der Waals surface area contributed by atoms with E-state index < -0.39 is 0 Å². The maximum atomic E-state index is 12.4. The minimum absolute atomic E-state index is 0.0640. The van der Waals surface area contributed by atoms with E-state index in [0.29, 0.717) is 19.6 Å². The highest BCUT2D eigenvalue weighted by Gasteiger charge is 2.44. The third kappa shape index (κ3) is 4.57. The van der Waals surface area contributed by atoms with Crippen molar-refractivity contribution in [2.75, 3.05) is 32.9 Å². The van der Waals surface area contributed by atoms with Crippen molar-refractivity contribution in [1.29, 1.82) is 0 Å². The zero-order valence-corrected chi connectivity index (χ0v) is 15.4. The van der Waals surface area contributed by atoms with Crippen LogP contribution in [-0.2, 0) is 14.3 Å². The van der Waals surface area contributed by atoms with Crippen molar-refractivity contribution in [3.05, 3.63) is 30.3 Å². The van der Waals surface area contributed by atoms with Crippen molar-refractivity contribution in [1.82, 2.24) is 4.90 Å². The molecule has 0 N–H and O–H groups in total. The van der Waals surface area contributed by atoms with Crippen LogP contribution in [0, 0.1) is 5.92 Å². The molecule has 2 saturated heterocycles. The van der Waals surface area contributed by atoms with Gasteiger partial charge in [-0.2, -0.15) is 0 Å². The van der Waals surface area contributed by atoms with E-state index in [-0.39, 0.29) is 17.6 Å². The van der Waals surface area contributed by atoms with E-state index in [1.54, 1.807) is 0 Å². The monoisotopic (exact) mass is 359 g/mol. The number of carbonyl (C=O) groups is 1. The number of hydrogen-bond donors (Lipinski definition) is 0. The molecule has 5 heteroatoms. The first-order valence-corrected chi connectivity index (χ1v) is 9.94. The normalized spacial score (nSPS) is 24.8. The van der Waals surface area contributed by atoms with Crippen LogP contribution in [0.4, 0.5) is 0 Å². The number of carbonyl (C=O) groups excluding carboxylic acids is 1. The van der Waals surface area contributed by atoms with Gasteiger partial charge < -0.3 is 19.1 Å². The molecule has 0 aromatic heterocycles. The number of benzene rings is 1. The molecule has 2 heterocycles. The van der Waals surface area contributed by atoms with Crippen LogP contribution in [0.5, 0.6) is 5.75 Å². The molecular weight excluding hydrogens is 330 g/mol. The average molecular weight is 359 g/mol. The first-order valence-electron chi connectivity index (χ1n) is 9.94. The molecule has 1 atom stereocenters. The van der Waals surface area contributed by atoms with E-state index in [2.05, 4.69) is 0 Å². The minimum atomic E-state index is -0.0640. The van der Waals surface area contributed by atoms with Crippen LogP contribution < -0.4 is 4.74 Å². The molecule has 1 aliphatic carbocycles. The van der Waals surface area contributed by atoms with E-state index >= 15 is 0 Å². The lowest BCUT2D eigenvalue weighted by Crippen LogP contribution is -2.46. The minimum Gasteiger partial charge on any atom is -0.493 e. The summed E-state index contributed by atoms with van der Waals surface area (Å²) in [6.45, 7) is 3.60. The van der Waals surface area contributed by atoms with Gasteiger partial charge in [-0.1, -0.05) is 18.2 Å². The van der Waals surface area contributed by atoms with Crippen LogP contribution in [0.3, 0.4) is 0 Å². The zero-order chi connectivity index (χ0) is 17.8. The second kappa shape index (κ2) is 7.97. The molecule has 3 fully saturated rings. The molecule has 3 aliphatic rings. The van der Waals surface area contributed by atoms with Gasteiger partial charge in [-0.15, -0.1) is 0 Å². The lowest BCUT2D eigenvalue weighted by atomic mass is 9.88. The molecule has 4 rings (SSSR count). The first-order chi connectivity index (χ1) is 12.7. The summed E-state index contributed by atoms with van der Waals surface area (Å²) < 4.78 is 17.8. The summed E-state index contributed by atoms with van der Waals surface area (Å²) >= 11 is 0. The number of likely N-dealkylation sites (tertiary alicyclic amines) is 1. The number of ether oxygens (including phenoxy) is 3. The average Bonchev–Trinajstić information content (AvgIpc) is 3.43. The third-order valence-electron chi connectivity index (χ3n) is 5.79. The first kappa shape index (κ1) is 17.8. The molecule has 1 amide bonds. The van der Waals surface area contributed by atoms with Crippen molar-refractivity contribution in [2.45, 2.75) is 50.2 Å². The Morgan fingerprint density at radius 2 is 1.96 bits per heavy atom. The molecule has 2 aliphatic heterocycles. The van der Waals surface area contributed by atoms with Gasteiger partial charge in [0.05, 0.1) is 31.3 Å². The molecule has 5 nitrogen and oxygen atoms in total. The van der Waals surface area contributed by atoms with Crippen LogP contribution in [0.25, 0.3) is 0 Å². The van der Waals surface area contributed by atoms with Gasteiger partial charge in [0.25, 0.3) is 0 Å². The summed E-state index contributed by atoms with van der Waals surface area (Å²) in [5.74, 6) is 1.79. The highest BCUT2D eigenvalue weighted by atomic mass is 16.6. The van der Waals surface area contributed by atoms with Crippen molar-refractivity contribution >= 4 is 5.91 Å². The SMILES string of the molecule is O=C(CCOc1ccccc1)N1CCC2(CC1)C[C@H](OCC1CC1)CO2. The van der Waals surface area contributed by atoms with Gasteiger partial charge in [-0.25, -0.2) is 0 Å². The summed E-state index contributed by atoms with van der Waals surface area (Å²) in [6, 6.07) is 9.64. The van der Waals surface area contributed by atoms with E-state index in [4.69, 9.17) is 14.2 Å². The summed E-state index contributed by atoms with van der Waals surface area (Å²) in [7, 11) is 0. The number of para-hydroxylation sites is 1. The van der Waals surface area contributed by atoms with Gasteiger partial charge in [-0.05, 0) is 43.7 Å². The smallest absolute Gasteiger partial charge is 0.226 e. The van der Waals surface area contributed by atoms with E-state index in [0.717, 1.165) is 50.6 Å². The van der Waals surface area contributed by atoms with Gasteiger partial charge in [0.2, 0.25) is 5.91 Å². The molecule has 0 radical (unpaired) electrons. The lowest BCUT2D eigenvalue weighted by Gasteiger charge is -2.38. The van der Waals surface area contributed by atoms with Crippen LogP contribution in [0.2, 0.25) is 0 Å². The Bertz CT molecular complexity index is 593. The summed E-state index contributed by atoms with van der Waals surface area (Å²) in [6.07, 6.45) is 6.14. The Labute approximate surface area is 155 Å². The summed E-state index contributed by atoms with van der Waals surface area (Å²) in [5, 5.41) is 0. The van der Waals surface area contributed by atoms with Crippen LogP contribution in [-0.4, -0.2) is 55.4 Å². The van der Waals surface area contributed by atoms with E-state index in [1.807, 2.05) is 35.2 Å². The van der Waals surface area contributed by atoms with Crippen molar-refractivity contribution in [3.63, 3.8) is 0 Å². The quantitative estimate of drug-likeness (QED) is 0.751. The molecule has 142 valence electrons. The van der Waals surface area contributed by atoms with Gasteiger partial charge in [0.15, 0.2) is 0 Å². The van der Waals surface area contributed by atoms with Crippen molar-refractivity contribution in [3.8, 4) is 5.75 Å². The highest BCUT2D eigenvalue weighted by Crippen LogP contribution is 2.38. The molecule has 26 heavy (non-hydrogen) atoms. The van der Waals surface area contributed by atoms with Crippen LogP contribution in [0.15, 0.2) is 30.3 Å². The second-order valence-corrected chi connectivity index (χ2v) is 7.89. The second-order valence-electron chi connectivity index (χ2n) is 7.89. The summed E-state index contributed by atoms with van der Waals surface area (Å²) in [5.41, 5.74) is -0.0640. The third-order valence-corrected chi connectivity index (χ3v) is 5.79. The standard InChI is InChI=1S/C21H29NO4/c23-20(8-13-24-18-4-2-1-3-5-18)22-11-9-21(10-12-22)14-19(16-26-21)25-15-17-6-7-17/h1-5,17,19H,6-16H2/t19-/m0/s1. The largest absolute Gasteiger partial charge is 0.493 e. The van der Waals surface area contributed by atoms with Gasteiger partial charge >= 0.3 is 0 Å². The number of piperidine rings is 1. The summed E-state index contributed by atoms with van der Waals surface area (Å²) in [4.78, 5) is 14.4. The van der Waals surface area contributed by atoms with Gasteiger partial charge in [-0.3, -0.25) is 4.79 Å². The predicted octanol–water partition coefficient (Wildman–Crippen LogP) is 3.03. The van der Waals surface area contributed by atoms with E-state index in [9.17, 15) is 4.79 Å². The fourth-order valence-electron chi connectivity index (χ4n) is 3.91. The number of rotatable bonds is 7. The molecule has 0 unspecified atom stereocenters. The molecule has 1 aromatic rings. The molecule has 0 bridgehead atoms. The topological polar surface area (TPSA) is 48.0 Å². The molecule has 1 aromatic carbocycles. The highest BCUT2D eigenvalue weighted by molar-refractivity contribution is 5.76. The van der Waals surface area contributed by atoms with Crippen LogP contribution >= 0.6 is 0 Å². The maximum absolute atomic E-state index is 12.4. The number of amides is 1. The fourth-order valence-corrected chi connectivity index (χ4v) is 3.91. The Kier molecular flexibility index (Phi) is 5.46. The van der Waals surface area contributed by atoms with Gasteiger partial charge in [0, 0.05) is 26.1 Å². The van der Waals surface area contributed by atoms with E-state index in [1.165, 1.54) is 12.8 Å². The lowest BCUT2D eigenvalue weighted by molar-refractivity contribution is -0.136. The molecule has 1 spiro atoms. The van der Waals surface area contributed by atoms with Gasteiger partial charge in [0.1, 0.15) is 5.75 Å². The molecular formula is C21H29NO4. The number of nitrogens with zero attached hydrogens (tertiary/aromatic N) is 1.